The number of carbonyl (C=O) groups is 2. The van der Waals surface area contributed by atoms with Crippen molar-refractivity contribution < 1.29 is 22.7 Å². The molecule has 0 unspecified atom stereocenters. The number of nitrogens with zero attached hydrogens (tertiary/aromatic N) is 2. The molecule has 3 aromatic rings. The van der Waals surface area contributed by atoms with Gasteiger partial charge in [0, 0.05) is 43.0 Å². The maximum atomic E-state index is 13.8. The predicted octanol–water partition coefficient (Wildman–Crippen LogP) is 4.78. The van der Waals surface area contributed by atoms with Gasteiger partial charge in [-0.15, -0.1) is 0 Å². The van der Waals surface area contributed by atoms with E-state index >= 15 is 0 Å². The number of benzene rings is 3. The highest BCUT2D eigenvalue weighted by Crippen LogP contribution is 2.24. The number of likely N-dealkylation sites (N-methyl/N-ethyl adjacent to an activating group) is 1. The predicted molar refractivity (Wildman–Crippen MR) is 162 cm³/mol. The lowest BCUT2D eigenvalue weighted by Crippen LogP contribution is -2.50. The molecule has 3 aromatic carbocycles. The van der Waals surface area contributed by atoms with Gasteiger partial charge in [0.15, 0.2) is 0 Å². The quantitative estimate of drug-likeness (QED) is 0.277. The molecule has 0 aliphatic carbocycles. The lowest BCUT2D eigenvalue weighted by molar-refractivity contribution is -0.141. The van der Waals surface area contributed by atoms with Gasteiger partial charge in [-0.1, -0.05) is 64.5 Å². The second-order valence-corrected chi connectivity index (χ2v) is 12.2. The summed E-state index contributed by atoms with van der Waals surface area (Å²) < 4.78 is 32.6. The number of rotatable bonds is 14. The number of ether oxygens (including phenoxy) is 1. The van der Waals surface area contributed by atoms with Crippen molar-refractivity contribution in [3.05, 3.63) is 94.5 Å². The van der Waals surface area contributed by atoms with Gasteiger partial charge in [-0.3, -0.25) is 13.9 Å². The molecule has 0 spiro atoms. The van der Waals surface area contributed by atoms with Crippen LogP contribution >= 0.6 is 15.9 Å². The normalized spacial score (nSPS) is 11.9. The Bertz CT molecular complexity index is 1380. The molecule has 2 amide bonds. The van der Waals surface area contributed by atoms with E-state index in [9.17, 15) is 18.0 Å². The van der Waals surface area contributed by atoms with Crippen LogP contribution in [0.15, 0.2) is 83.3 Å². The molecule has 214 valence electrons. The van der Waals surface area contributed by atoms with Crippen molar-refractivity contribution in [3.63, 3.8) is 0 Å². The van der Waals surface area contributed by atoms with Crippen molar-refractivity contribution in [1.29, 1.82) is 0 Å². The summed E-state index contributed by atoms with van der Waals surface area (Å²) in [5.74, 6) is 0.0724. The van der Waals surface area contributed by atoms with Crippen LogP contribution in [0.2, 0.25) is 0 Å². The highest BCUT2D eigenvalue weighted by Gasteiger charge is 2.30. The zero-order valence-electron chi connectivity index (χ0n) is 23.0. The zero-order chi connectivity index (χ0) is 29.1. The molecule has 0 aromatic heterocycles. The molecule has 1 N–H and O–H groups in total. The van der Waals surface area contributed by atoms with Gasteiger partial charge in [0.1, 0.15) is 11.8 Å². The van der Waals surface area contributed by atoms with Gasteiger partial charge < -0.3 is 15.0 Å². The van der Waals surface area contributed by atoms with E-state index in [4.69, 9.17) is 4.74 Å². The fraction of sp³-hybridized carbons (Fsp3) is 0.333. The standard InChI is InChI=1S/C30H36BrN3O5S/c1-4-32-30(36)28(20-23-11-6-5-7-12-23)33(22-24-13-8-14-25(31)19-24)29(35)17-10-18-34(40(3,37)38)26-15-9-16-27(21-26)39-2/h5-9,11-16,19,21,28H,4,10,17-18,20,22H2,1-3H3,(H,32,36)/t28-/m1/s1. The molecule has 0 fully saturated rings. The molecule has 0 aliphatic heterocycles. The van der Waals surface area contributed by atoms with Crippen LogP contribution in [0.1, 0.15) is 30.9 Å². The Labute approximate surface area is 245 Å². The summed E-state index contributed by atoms with van der Waals surface area (Å²) in [6, 6.07) is 23.3. The Morgan fingerprint density at radius 1 is 0.975 bits per heavy atom. The van der Waals surface area contributed by atoms with E-state index in [1.54, 1.807) is 29.2 Å². The van der Waals surface area contributed by atoms with Gasteiger partial charge in [0.25, 0.3) is 0 Å². The third kappa shape index (κ3) is 9.09. The maximum absolute atomic E-state index is 13.8. The van der Waals surface area contributed by atoms with Crippen LogP contribution in [0.25, 0.3) is 0 Å². The summed E-state index contributed by atoms with van der Waals surface area (Å²) in [6.07, 6.45) is 1.82. The molecule has 8 nitrogen and oxygen atoms in total. The molecule has 40 heavy (non-hydrogen) atoms. The Hall–Kier alpha value is -3.37. The van der Waals surface area contributed by atoms with Crippen molar-refractivity contribution in [1.82, 2.24) is 10.2 Å². The number of nitrogens with one attached hydrogen (secondary N) is 1. The highest BCUT2D eigenvalue weighted by atomic mass is 79.9. The van der Waals surface area contributed by atoms with Crippen LogP contribution in [-0.4, -0.2) is 57.6 Å². The number of carbonyl (C=O) groups excluding carboxylic acids is 2. The summed E-state index contributed by atoms with van der Waals surface area (Å²) in [4.78, 5) is 28.7. The average Bonchev–Trinajstić information content (AvgIpc) is 2.93. The largest absolute Gasteiger partial charge is 0.497 e. The number of hydrogen-bond donors (Lipinski definition) is 1. The first-order chi connectivity index (χ1) is 19.1. The van der Waals surface area contributed by atoms with Crippen molar-refractivity contribution in [3.8, 4) is 5.75 Å². The number of sulfonamides is 1. The van der Waals surface area contributed by atoms with E-state index in [0.717, 1.165) is 21.9 Å². The number of amides is 2. The Balaban J connectivity index is 1.86. The number of hydrogen-bond acceptors (Lipinski definition) is 5. The van der Waals surface area contributed by atoms with E-state index in [2.05, 4.69) is 21.2 Å². The monoisotopic (exact) mass is 629 g/mol. The molecule has 1 atom stereocenters. The van der Waals surface area contributed by atoms with Crippen molar-refractivity contribution >= 4 is 43.5 Å². The van der Waals surface area contributed by atoms with Gasteiger partial charge in [0.2, 0.25) is 21.8 Å². The van der Waals surface area contributed by atoms with Gasteiger partial charge in [0.05, 0.1) is 19.1 Å². The second-order valence-electron chi connectivity index (χ2n) is 9.39. The first-order valence-electron chi connectivity index (χ1n) is 13.1. The van der Waals surface area contributed by atoms with Crippen LogP contribution in [0.4, 0.5) is 5.69 Å². The molecule has 10 heteroatoms. The summed E-state index contributed by atoms with van der Waals surface area (Å²) in [5, 5.41) is 2.88. The number of methoxy groups -OCH3 is 1. The molecular formula is C30H36BrN3O5S. The summed E-state index contributed by atoms with van der Waals surface area (Å²) in [6.45, 7) is 2.62. The summed E-state index contributed by atoms with van der Waals surface area (Å²) >= 11 is 3.49. The van der Waals surface area contributed by atoms with E-state index in [1.165, 1.54) is 11.4 Å². The fourth-order valence-electron chi connectivity index (χ4n) is 4.45. The lowest BCUT2D eigenvalue weighted by atomic mass is 10.0. The fourth-order valence-corrected chi connectivity index (χ4v) is 5.85. The molecule has 0 saturated carbocycles. The first-order valence-corrected chi connectivity index (χ1v) is 15.7. The van der Waals surface area contributed by atoms with Crippen LogP contribution in [0.5, 0.6) is 5.75 Å². The molecule has 0 saturated heterocycles. The third-order valence-electron chi connectivity index (χ3n) is 6.36. The minimum atomic E-state index is -3.61. The Morgan fingerprint density at radius 2 is 1.68 bits per heavy atom. The minimum Gasteiger partial charge on any atom is -0.497 e. The molecular weight excluding hydrogens is 594 g/mol. The summed E-state index contributed by atoms with van der Waals surface area (Å²) in [5.41, 5.74) is 2.27. The first kappa shape index (κ1) is 31.2. The van der Waals surface area contributed by atoms with Crippen molar-refractivity contribution in [2.45, 2.75) is 38.8 Å². The second kappa shape index (κ2) is 14.9. The molecule has 0 radical (unpaired) electrons. The van der Waals surface area contributed by atoms with E-state index < -0.39 is 16.1 Å². The van der Waals surface area contributed by atoms with Gasteiger partial charge >= 0.3 is 0 Å². The third-order valence-corrected chi connectivity index (χ3v) is 8.04. The topological polar surface area (TPSA) is 96.0 Å². The Kier molecular flexibility index (Phi) is 11.6. The smallest absolute Gasteiger partial charge is 0.243 e. The molecule has 0 heterocycles. The van der Waals surface area contributed by atoms with E-state index in [1.807, 2.05) is 61.5 Å². The average molecular weight is 631 g/mol. The van der Waals surface area contributed by atoms with E-state index in [0.29, 0.717) is 24.4 Å². The van der Waals surface area contributed by atoms with Crippen molar-refractivity contribution in [2.24, 2.45) is 0 Å². The van der Waals surface area contributed by atoms with E-state index in [-0.39, 0.29) is 37.7 Å². The van der Waals surface area contributed by atoms with Crippen molar-refractivity contribution in [2.75, 3.05) is 30.8 Å². The van der Waals surface area contributed by atoms with Gasteiger partial charge in [-0.25, -0.2) is 8.42 Å². The lowest BCUT2D eigenvalue weighted by Gasteiger charge is -2.32. The SMILES string of the molecule is CCNC(=O)[C@@H](Cc1ccccc1)N(Cc1cccc(Br)c1)C(=O)CCCN(c1cccc(OC)c1)S(C)(=O)=O. The van der Waals surface area contributed by atoms with Crippen LogP contribution in [-0.2, 0) is 32.6 Å². The van der Waals surface area contributed by atoms with Crippen LogP contribution < -0.4 is 14.4 Å². The van der Waals surface area contributed by atoms with Gasteiger partial charge in [-0.2, -0.15) is 0 Å². The highest BCUT2D eigenvalue weighted by molar-refractivity contribution is 9.10. The molecule has 3 rings (SSSR count). The van der Waals surface area contributed by atoms with Gasteiger partial charge in [-0.05, 0) is 48.7 Å². The molecule has 0 aliphatic rings. The minimum absolute atomic E-state index is 0.0642. The maximum Gasteiger partial charge on any atom is 0.243 e. The Morgan fingerprint density at radius 3 is 2.33 bits per heavy atom. The number of halogens is 1. The molecule has 0 bridgehead atoms. The number of anilines is 1. The van der Waals surface area contributed by atoms with Crippen LogP contribution in [0, 0.1) is 0 Å². The summed E-state index contributed by atoms with van der Waals surface area (Å²) in [7, 11) is -2.09. The zero-order valence-corrected chi connectivity index (χ0v) is 25.4. The van der Waals surface area contributed by atoms with Crippen LogP contribution in [0.3, 0.4) is 0 Å².